The summed E-state index contributed by atoms with van der Waals surface area (Å²) < 4.78 is 49.1. The molecule has 10 amide bonds. The fourth-order valence-corrected chi connectivity index (χ4v) is 14.7. The molecule has 1 saturated carbocycles. The highest BCUT2D eigenvalue weighted by atomic mass is 16.7. The average Bonchev–Trinajstić information content (AvgIpc) is 1.10. The highest BCUT2D eigenvalue weighted by molar-refractivity contribution is 6.12. The van der Waals surface area contributed by atoms with E-state index in [1.54, 1.807) is 84.7 Å². The summed E-state index contributed by atoms with van der Waals surface area (Å²) in [5.41, 5.74) is 8.47. The second kappa shape index (κ2) is 41.0. The highest BCUT2D eigenvalue weighted by Gasteiger charge is 2.45. The van der Waals surface area contributed by atoms with Gasteiger partial charge in [0.05, 0.1) is 63.3 Å². The van der Waals surface area contributed by atoms with Gasteiger partial charge >= 0.3 is 24.3 Å². The highest BCUT2D eigenvalue weighted by Crippen LogP contribution is 2.49. The number of piperidine rings is 1. The monoisotopic (exact) mass is 1610 g/mol. The molecule has 4 fully saturated rings. The molecule has 0 bridgehead atoms. The lowest BCUT2D eigenvalue weighted by atomic mass is 9.72. The lowest BCUT2D eigenvalue weighted by molar-refractivity contribution is -0.170. The Labute approximate surface area is 678 Å². The number of imide groups is 1. The van der Waals surface area contributed by atoms with Crippen LogP contribution in [0.4, 0.5) is 30.8 Å². The fraction of sp³-hybridized carbons (Fsp3) is 0.571. The summed E-state index contributed by atoms with van der Waals surface area (Å²) in [4.78, 5) is 151. The second-order valence-corrected chi connectivity index (χ2v) is 32.3. The third-order valence-electron chi connectivity index (χ3n) is 21.6. The average molecular weight is 1610 g/mol. The summed E-state index contributed by atoms with van der Waals surface area (Å²) in [6.45, 7) is 18.7. The van der Waals surface area contributed by atoms with Gasteiger partial charge in [-0.15, -0.1) is 0 Å². The molecule has 116 heavy (non-hydrogen) atoms. The number of benzene rings is 3. The topological polar surface area (TPSA) is 369 Å². The number of ether oxygens (including phenoxy) is 8. The lowest BCUT2D eigenvalue weighted by Gasteiger charge is -2.46. The molecule has 6 N–H and O–H groups in total. The molecule has 0 radical (unpaired) electrons. The van der Waals surface area contributed by atoms with Crippen LogP contribution in [0.25, 0.3) is 22.0 Å². The number of nitrogens with zero attached hydrogens (tertiary/aromatic N) is 9. The van der Waals surface area contributed by atoms with Crippen molar-refractivity contribution in [3.63, 3.8) is 0 Å². The van der Waals surface area contributed by atoms with Gasteiger partial charge in [0, 0.05) is 140 Å². The minimum atomic E-state index is -1.11. The van der Waals surface area contributed by atoms with E-state index >= 15 is 0 Å². The number of methoxy groups -OCH3 is 1. The van der Waals surface area contributed by atoms with Crippen LogP contribution in [0.3, 0.4) is 0 Å². The quantitative estimate of drug-likeness (QED) is 0.0184. The Morgan fingerprint density at radius 3 is 2.12 bits per heavy atom. The first kappa shape index (κ1) is 88.1. The van der Waals surface area contributed by atoms with Gasteiger partial charge in [0.25, 0.3) is 17.4 Å². The number of nitrogens with one attached hydrogen (secondary N) is 4. The van der Waals surface area contributed by atoms with Gasteiger partial charge in [0.1, 0.15) is 35.8 Å². The van der Waals surface area contributed by atoms with Crippen molar-refractivity contribution in [2.45, 2.75) is 167 Å². The molecule has 10 rings (SSSR count). The molecule has 2 unspecified atom stereocenters. The second-order valence-electron chi connectivity index (χ2n) is 32.3. The van der Waals surface area contributed by atoms with Crippen LogP contribution in [-0.4, -0.2) is 249 Å². The van der Waals surface area contributed by atoms with E-state index < -0.39 is 77.1 Å². The van der Waals surface area contributed by atoms with Crippen LogP contribution in [0.2, 0.25) is 0 Å². The molecule has 32 heteroatoms. The van der Waals surface area contributed by atoms with Crippen molar-refractivity contribution < 1.29 is 81.0 Å². The van der Waals surface area contributed by atoms with Crippen LogP contribution in [0, 0.1) is 17.8 Å². The van der Waals surface area contributed by atoms with E-state index in [0.29, 0.717) is 60.1 Å². The molecule has 2 aromatic heterocycles. The smallest absolute Gasteiger partial charge is 0.415 e. The van der Waals surface area contributed by atoms with E-state index in [2.05, 4.69) is 51.0 Å². The SMILES string of the molecule is COc1cc(=O)n(C)cc1-c1ccc2nc(N3CCC(CN4C[C@@H](C)N(C(=O)OC(C)(C)C)C[C@@H]4C)CC3)nc(C(COC3CCCCO3)(CC3CC3)c3ccc(OC(=O)N(C)CCN(C)C(=O)OCc4ccc(NC(=O)[C@H](CCCNC(N)=O)NC(=O)[C@@H](NC(=O)CCOCCOCCN5C(=O)C=CC5=O)C(C)C)cc4)cc3)c2c1. The van der Waals surface area contributed by atoms with Crippen molar-refractivity contribution in [2.24, 2.45) is 30.5 Å². The number of carbonyl (C=O) groups is 9. The van der Waals surface area contributed by atoms with E-state index in [9.17, 15) is 47.9 Å². The largest absolute Gasteiger partial charge is 0.496 e. The van der Waals surface area contributed by atoms with Gasteiger partial charge in [0.15, 0.2) is 6.29 Å². The van der Waals surface area contributed by atoms with Crippen molar-refractivity contribution in [1.82, 2.24) is 55.0 Å². The maximum atomic E-state index is 13.9. The number of fused-ring (bicyclic) bond motifs is 1. The van der Waals surface area contributed by atoms with E-state index in [4.69, 9.17) is 53.6 Å². The van der Waals surface area contributed by atoms with Crippen LogP contribution >= 0.6 is 0 Å². The number of rotatable bonds is 37. The fourth-order valence-electron chi connectivity index (χ4n) is 14.7. The van der Waals surface area contributed by atoms with Gasteiger partial charge in [0.2, 0.25) is 23.7 Å². The number of hydrogen-bond acceptors (Lipinski definition) is 22. The van der Waals surface area contributed by atoms with E-state index in [1.165, 1.54) is 32.6 Å². The van der Waals surface area contributed by atoms with Crippen LogP contribution in [0.15, 0.2) is 95.9 Å². The summed E-state index contributed by atoms with van der Waals surface area (Å²) in [5, 5.41) is 11.6. The Kier molecular flexibility index (Phi) is 31.2. The van der Waals surface area contributed by atoms with Gasteiger partial charge in [-0.3, -0.25) is 38.6 Å². The van der Waals surface area contributed by atoms with Gasteiger partial charge in [-0.25, -0.2) is 29.1 Å². The normalized spacial score (nSPS) is 18.4. The number of likely N-dealkylation sites (N-methyl/N-ethyl adjacent to an activating group) is 2. The zero-order chi connectivity index (χ0) is 83.4. The Balaban J connectivity index is 0.765. The number of anilines is 2. The summed E-state index contributed by atoms with van der Waals surface area (Å²) in [5.74, 6) is -0.769. The van der Waals surface area contributed by atoms with Gasteiger partial charge < -0.3 is 89.1 Å². The van der Waals surface area contributed by atoms with E-state index in [0.717, 1.165) is 109 Å². The molecule has 6 atom stereocenters. The first-order valence-electron chi connectivity index (χ1n) is 40.4. The number of amides is 10. The maximum Gasteiger partial charge on any atom is 0.415 e. The van der Waals surface area contributed by atoms with Crippen molar-refractivity contribution in [2.75, 3.05) is 130 Å². The minimum absolute atomic E-state index is 0.00108. The predicted octanol–water partition coefficient (Wildman–Crippen LogP) is 8.24. The number of hydrogen-bond donors (Lipinski definition) is 5. The molecule has 1 aliphatic carbocycles. The molecule has 5 aliphatic rings. The molecular weight excluding hydrogens is 1490 g/mol. The summed E-state index contributed by atoms with van der Waals surface area (Å²) >= 11 is 0. The molecule has 6 heterocycles. The lowest BCUT2D eigenvalue weighted by Crippen LogP contribution is -2.59. The third-order valence-corrected chi connectivity index (χ3v) is 21.6. The Morgan fingerprint density at radius 2 is 1.47 bits per heavy atom. The van der Waals surface area contributed by atoms with Crippen LogP contribution in [0.5, 0.6) is 11.5 Å². The number of piperazine rings is 1. The van der Waals surface area contributed by atoms with Crippen molar-refractivity contribution in [3.8, 4) is 22.6 Å². The standard InChI is InChI=1S/C84H116N14O18/c1-54(2)74(90-69(99)33-41-110-43-44-111-42-39-97-70(100)29-30-71(97)101)77(104)88-67(15-14-34-86-78(85)105)76(103)87-62-24-19-59(20-25-62)52-113-80(106)92(8)37-38-93(9)81(107)115-63-26-22-61(23-27-63)84(47-57-17-18-57,53-114-73-16-12-13-40-112-73)75-64-45-60(65-51-94(10)72(102)46-68(65)109-11)21-28-66(64)89-79(91-75)95-35-31-58(32-36-95)50-96-48-56(4)98(49-55(96)3)82(108)116-83(5,6)7/h19-30,45-46,51,54-58,67,73-74H,12-18,31-44,47-50,52-53H2,1-11H3,(H,87,103)(H,88,104)(H,90,99)(H3,85,86,105)/t55-,56+,67-,73?,74-,84?/m0/s1. The summed E-state index contributed by atoms with van der Waals surface area (Å²) in [6.07, 6.45) is 9.59. The maximum absolute atomic E-state index is 13.9. The van der Waals surface area contributed by atoms with Crippen LogP contribution in [0.1, 0.15) is 136 Å². The first-order valence-corrected chi connectivity index (χ1v) is 40.4. The third kappa shape index (κ3) is 24.6. The van der Waals surface area contributed by atoms with Crippen molar-refractivity contribution >= 4 is 76.4 Å². The number of carbonyl (C=O) groups excluding carboxylic acids is 9. The number of aryl methyl sites for hydroxylation is 1. The molecule has 4 aliphatic heterocycles. The van der Waals surface area contributed by atoms with Crippen molar-refractivity contribution in [3.05, 3.63) is 118 Å². The molecular formula is C84H116N14O18. The summed E-state index contributed by atoms with van der Waals surface area (Å²) in [7, 11) is 6.40. The Bertz CT molecular complexity index is 4310. The number of urea groups is 1. The number of primary amides is 1. The van der Waals surface area contributed by atoms with Gasteiger partial charge in [-0.1, -0.05) is 57.0 Å². The van der Waals surface area contributed by atoms with Gasteiger partial charge in [-0.05, 0) is 157 Å². The molecule has 5 aromatic rings. The minimum Gasteiger partial charge on any atom is -0.496 e. The number of aromatic nitrogens is 3. The number of nitrogens with two attached hydrogens (primary N) is 1. The zero-order valence-electron chi connectivity index (χ0n) is 68.8. The van der Waals surface area contributed by atoms with Crippen LogP contribution in [-0.2, 0) is 71.5 Å². The van der Waals surface area contributed by atoms with E-state index in [-0.39, 0.29) is 115 Å². The van der Waals surface area contributed by atoms with Crippen molar-refractivity contribution in [1.29, 1.82) is 0 Å². The van der Waals surface area contributed by atoms with E-state index in [1.807, 2.05) is 49.9 Å². The Morgan fingerprint density at radius 1 is 0.767 bits per heavy atom. The van der Waals surface area contributed by atoms with Gasteiger partial charge in [-0.2, -0.15) is 0 Å². The predicted molar refractivity (Wildman–Crippen MR) is 433 cm³/mol. The molecule has 0 spiro atoms. The zero-order valence-corrected chi connectivity index (χ0v) is 68.8. The molecule has 3 saturated heterocycles. The summed E-state index contributed by atoms with van der Waals surface area (Å²) in [6, 6.07) is 19.0. The number of pyridine rings is 1. The molecule has 3 aromatic carbocycles. The molecule has 630 valence electrons. The Hall–Kier alpha value is -10.3. The molecule has 32 nitrogen and oxygen atoms in total. The van der Waals surface area contributed by atoms with Crippen LogP contribution < -0.4 is 46.9 Å². The first-order chi connectivity index (χ1) is 55.4.